The summed E-state index contributed by atoms with van der Waals surface area (Å²) in [6.45, 7) is 3.99. The first-order chi connectivity index (χ1) is 19.9. The number of hydrogen-bond acceptors (Lipinski definition) is 7. The Balaban J connectivity index is 1.36. The van der Waals surface area contributed by atoms with Gasteiger partial charge in [0.05, 0.1) is 30.2 Å². The molecule has 8 nitrogen and oxygen atoms in total. The van der Waals surface area contributed by atoms with Gasteiger partial charge in [-0.2, -0.15) is 0 Å². The van der Waals surface area contributed by atoms with Crippen molar-refractivity contribution in [2.75, 3.05) is 16.4 Å². The van der Waals surface area contributed by atoms with Crippen molar-refractivity contribution in [3.63, 3.8) is 0 Å². The fourth-order valence-electron chi connectivity index (χ4n) is 6.12. The average molecular weight is 551 g/mol. The van der Waals surface area contributed by atoms with Crippen molar-refractivity contribution < 1.29 is 28.7 Å². The largest absolute Gasteiger partial charge is 0.494 e. The third-order valence-corrected chi connectivity index (χ3v) is 7.95. The quantitative estimate of drug-likeness (QED) is 0.127. The van der Waals surface area contributed by atoms with E-state index in [4.69, 9.17) is 9.47 Å². The first-order valence-corrected chi connectivity index (χ1v) is 13.9. The normalized spacial score (nSPS) is 22.3. The number of para-hydroxylation sites is 1. The predicted octanol–water partition coefficient (Wildman–Crippen LogP) is 5.06. The Bertz CT molecular complexity index is 1540. The number of hydrogen-bond donors (Lipinski definition) is 0. The molecule has 0 bridgehead atoms. The van der Waals surface area contributed by atoms with E-state index in [1.54, 1.807) is 48.5 Å². The lowest BCUT2D eigenvalue weighted by molar-refractivity contribution is -0.132. The minimum Gasteiger partial charge on any atom is -0.494 e. The highest BCUT2D eigenvalue weighted by Gasteiger charge is 2.64. The van der Waals surface area contributed by atoms with Gasteiger partial charge in [0.1, 0.15) is 17.5 Å². The number of Topliss-reactive ketones (excluding diaryl/α,β-unsaturated/α-hetero) is 1. The lowest BCUT2D eigenvalue weighted by atomic mass is 9.86. The smallest absolute Gasteiger partial charge is 0.308 e. The summed E-state index contributed by atoms with van der Waals surface area (Å²) in [5.41, 5.74) is 2.55. The minimum atomic E-state index is -0.895. The molecule has 0 spiro atoms. The van der Waals surface area contributed by atoms with E-state index in [-0.39, 0.29) is 11.7 Å². The molecule has 3 aliphatic heterocycles. The molecule has 3 heterocycles. The van der Waals surface area contributed by atoms with Gasteiger partial charge < -0.3 is 14.4 Å². The standard InChI is InChI=1S/C33H30N2O6/c1-3-4-19-40-24-16-12-23(13-17-24)34-32(38)28-27-18-11-21-7-5-6-8-26(21)35(27)30(29(28)33(34)39)31(37)22-9-14-25(15-10-22)41-20(2)36/h5-18,27-30H,3-4,19H2,1-2H3/t27-,28-,29-,30+/m1/s1. The van der Waals surface area contributed by atoms with Gasteiger partial charge in [-0.05, 0) is 66.6 Å². The number of carbonyl (C=O) groups is 4. The molecule has 0 saturated carbocycles. The Hall–Kier alpha value is -4.72. The number of anilines is 2. The van der Waals surface area contributed by atoms with E-state index in [9.17, 15) is 19.2 Å². The summed E-state index contributed by atoms with van der Waals surface area (Å²) in [7, 11) is 0. The number of nitrogens with zero attached hydrogens (tertiary/aromatic N) is 2. The van der Waals surface area contributed by atoms with Gasteiger partial charge in [0.25, 0.3) is 0 Å². The lowest BCUT2D eigenvalue weighted by Gasteiger charge is -2.36. The molecule has 0 aliphatic carbocycles. The number of benzene rings is 3. The van der Waals surface area contributed by atoms with Gasteiger partial charge in [-0.1, -0.05) is 43.7 Å². The molecule has 0 radical (unpaired) electrons. The number of ketones is 1. The van der Waals surface area contributed by atoms with E-state index in [0.717, 1.165) is 24.1 Å². The van der Waals surface area contributed by atoms with Crippen LogP contribution in [0.3, 0.4) is 0 Å². The zero-order valence-electron chi connectivity index (χ0n) is 22.9. The monoisotopic (exact) mass is 550 g/mol. The Morgan fingerprint density at radius 3 is 2.24 bits per heavy atom. The van der Waals surface area contributed by atoms with Gasteiger partial charge in [-0.3, -0.25) is 19.2 Å². The van der Waals surface area contributed by atoms with Crippen LogP contribution in [0.25, 0.3) is 6.08 Å². The molecular formula is C33H30N2O6. The van der Waals surface area contributed by atoms with Crippen molar-refractivity contribution in [3.8, 4) is 11.5 Å². The van der Waals surface area contributed by atoms with E-state index in [2.05, 4.69) is 6.92 Å². The molecule has 2 fully saturated rings. The van der Waals surface area contributed by atoms with Crippen LogP contribution in [0, 0.1) is 11.8 Å². The molecule has 3 aliphatic rings. The number of ether oxygens (including phenoxy) is 2. The van der Waals surface area contributed by atoms with Crippen LogP contribution in [-0.4, -0.2) is 42.3 Å². The summed E-state index contributed by atoms with van der Waals surface area (Å²) in [6, 6.07) is 19.6. The highest BCUT2D eigenvalue weighted by atomic mass is 16.5. The Kier molecular flexibility index (Phi) is 6.91. The van der Waals surface area contributed by atoms with E-state index in [1.807, 2.05) is 41.3 Å². The van der Waals surface area contributed by atoms with Crippen molar-refractivity contribution in [2.24, 2.45) is 11.8 Å². The molecule has 6 rings (SSSR count). The Morgan fingerprint density at radius 2 is 1.54 bits per heavy atom. The fourth-order valence-corrected chi connectivity index (χ4v) is 6.12. The van der Waals surface area contributed by atoms with E-state index in [0.29, 0.717) is 29.4 Å². The molecule has 0 N–H and O–H groups in total. The predicted molar refractivity (Wildman–Crippen MR) is 154 cm³/mol. The molecule has 2 amide bonds. The van der Waals surface area contributed by atoms with Crippen molar-refractivity contribution >= 4 is 41.0 Å². The number of fused-ring (bicyclic) bond motifs is 5. The molecule has 0 unspecified atom stereocenters. The second kappa shape index (κ2) is 10.7. The third kappa shape index (κ3) is 4.59. The summed E-state index contributed by atoms with van der Waals surface area (Å²) in [5.74, 6) is -2.05. The lowest BCUT2D eigenvalue weighted by Crippen LogP contribution is -2.48. The van der Waals surface area contributed by atoms with Gasteiger partial charge in [0, 0.05) is 18.2 Å². The maximum atomic E-state index is 14.2. The molecule has 208 valence electrons. The highest BCUT2D eigenvalue weighted by molar-refractivity contribution is 6.25. The maximum Gasteiger partial charge on any atom is 0.308 e. The molecule has 8 heteroatoms. The van der Waals surface area contributed by atoms with Crippen LogP contribution in [0.4, 0.5) is 11.4 Å². The maximum absolute atomic E-state index is 14.2. The summed E-state index contributed by atoms with van der Waals surface area (Å²) >= 11 is 0. The van der Waals surface area contributed by atoms with Crippen LogP contribution in [0.5, 0.6) is 11.5 Å². The second-order valence-electron chi connectivity index (χ2n) is 10.5. The van der Waals surface area contributed by atoms with E-state index in [1.165, 1.54) is 11.8 Å². The van der Waals surface area contributed by atoms with Crippen LogP contribution in [0.15, 0.2) is 78.9 Å². The van der Waals surface area contributed by atoms with E-state index >= 15 is 0 Å². The molecule has 4 atom stereocenters. The number of esters is 1. The van der Waals surface area contributed by atoms with Crippen molar-refractivity contribution in [1.82, 2.24) is 0 Å². The summed E-state index contributed by atoms with van der Waals surface area (Å²) in [5, 5.41) is 0. The number of rotatable bonds is 8. The van der Waals surface area contributed by atoms with Crippen LogP contribution in [0.2, 0.25) is 0 Å². The van der Waals surface area contributed by atoms with Crippen molar-refractivity contribution in [1.29, 1.82) is 0 Å². The zero-order chi connectivity index (χ0) is 28.7. The SMILES string of the molecule is CCCCOc1ccc(N2C(=O)[C@@H]3[C@H](C2=O)[C@H]2C=Cc4ccccc4N2[C@@H]3C(=O)c2ccc(OC(C)=O)cc2)cc1. The average Bonchev–Trinajstić information content (AvgIpc) is 3.46. The van der Waals surface area contributed by atoms with Gasteiger partial charge in [-0.15, -0.1) is 0 Å². The molecule has 3 aromatic carbocycles. The Labute approximate surface area is 238 Å². The summed E-state index contributed by atoms with van der Waals surface area (Å²) < 4.78 is 10.9. The number of imide groups is 1. The minimum absolute atomic E-state index is 0.273. The topological polar surface area (TPSA) is 93.2 Å². The molecule has 2 saturated heterocycles. The third-order valence-electron chi connectivity index (χ3n) is 7.95. The highest BCUT2D eigenvalue weighted by Crippen LogP contribution is 2.50. The van der Waals surface area contributed by atoms with Gasteiger partial charge in [0.2, 0.25) is 11.8 Å². The number of carbonyl (C=O) groups excluding carboxylic acids is 4. The summed E-state index contributed by atoms with van der Waals surface area (Å²) in [6.07, 6.45) is 5.84. The van der Waals surface area contributed by atoms with Gasteiger partial charge in [-0.25, -0.2) is 4.90 Å². The molecule has 41 heavy (non-hydrogen) atoms. The van der Waals surface area contributed by atoms with Crippen LogP contribution in [-0.2, 0) is 14.4 Å². The first kappa shape index (κ1) is 26.5. The van der Waals surface area contributed by atoms with Gasteiger partial charge >= 0.3 is 5.97 Å². The van der Waals surface area contributed by atoms with E-state index < -0.39 is 35.8 Å². The molecule has 0 aromatic heterocycles. The first-order valence-electron chi connectivity index (χ1n) is 13.9. The fraction of sp³-hybridized carbons (Fsp3) is 0.273. The second-order valence-corrected chi connectivity index (χ2v) is 10.5. The van der Waals surface area contributed by atoms with Gasteiger partial charge in [0.15, 0.2) is 5.78 Å². The Morgan fingerprint density at radius 1 is 0.854 bits per heavy atom. The van der Waals surface area contributed by atoms with Crippen LogP contribution < -0.4 is 19.3 Å². The number of unbranched alkanes of at least 4 members (excludes halogenated alkanes) is 1. The summed E-state index contributed by atoms with van der Waals surface area (Å²) in [4.78, 5) is 56.7. The van der Waals surface area contributed by atoms with Crippen LogP contribution >= 0.6 is 0 Å². The molecule has 3 aromatic rings. The van der Waals surface area contributed by atoms with Crippen molar-refractivity contribution in [2.45, 2.75) is 38.8 Å². The zero-order valence-corrected chi connectivity index (χ0v) is 22.9. The van der Waals surface area contributed by atoms with Crippen LogP contribution in [0.1, 0.15) is 42.6 Å². The molecular weight excluding hydrogens is 520 g/mol. The van der Waals surface area contributed by atoms with Crippen molar-refractivity contribution in [3.05, 3.63) is 90.0 Å². The number of amides is 2.